The second kappa shape index (κ2) is 6.70. The number of rotatable bonds is 7. The van der Waals surface area contributed by atoms with Crippen molar-refractivity contribution in [1.82, 2.24) is 4.72 Å². The number of hydrogen-bond donors (Lipinski definition) is 2. The van der Waals surface area contributed by atoms with Crippen LogP contribution in [-0.2, 0) is 27.1 Å². The third kappa shape index (κ3) is 5.27. The summed E-state index contributed by atoms with van der Waals surface area (Å²) in [5.74, 6) is -0.0670. The third-order valence-electron chi connectivity index (χ3n) is 2.19. The summed E-state index contributed by atoms with van der Waals surface area (Å²) in [6.07, 6.45) is 0. The molecule has 1 aromatic rings. The van der Waals surface area contributed by atoms with E-state index in [1.54, 1.807) is 24.3 Å². The van der Waals surface area contributed by atoms with E-state index in [2.05, 4.69) is 4.72 Å². The first-order valence-corrected chi connectivity index (χ1v) is 6.87. The highest BCUT2D eigenvalue weighted by Crippen LogP contribution is 2.07. The van der Waals surface area contributed by atoms with Crippen LogP contribution in [0.5, 0.6) is 0 Å². The molecule has 0 bridgehead atoms. The van der Waals surface area contributed by atoms with Crippen molar-refractivity contribution < 1.29 is 18.3 Å². The number of methoxy groups -OCH3 is 1. The van der Waals surface area contributed by atoms with Gasteiger partial charge >= 0.3 is 0 Å². The van der Waals surface area contributed by atoms with Crippen molar-refractivity contribution >= 4 is 10.0 Å². The normalized spacial score (nSPS) is 11.6. The van der Waals surface area contributed by atoms with E-state index in [-0.39, 0.29) is 18.9 Å². The minimum atomic E-state index is -3.32. The third-order valence-corrected chi connectivity index (χ3v) is 3.55. The predicted molar refractivity (Wildman–Crippen MR) is 64.9 cm³/mol. The zero-order valence-corrected chi connectivity index (χ0v) is 10.5. The van der Waals surface area contributed by atoms with Gasteiger partial charge in [-0.25, -0.2) is 13.1 Å². The van der Waals surface area contributed by atoms with Gasteiger partial charge in [0.05, 0.1) is 19.0 Å². The predicted octanol–water partition coefficient (Wildman–Crippen LogP) is 0.245. The Balaban J connectivity index is 2.56. The van der Waals surface area contributed by atoms with Crippen LogP contribution in [0.25, 0.3) is 0 Å². The van der Waals surface area contributed by atoms with E-state index in [9.17, 15) is 8.42 Å². The van der Waals surface area contributed by atoms with Crippen molar-refractivity contribution in [2.75, 3.05) is 20.3 Å². The highest BCUT2D eigenvalue weighted by atomic mass is 32.2. The zero-order chi connectivity index (χ0) is 12.7. The molecule has 17 heavy (non-hydrogen) atoms. The molecule has 5 nitrogen and oxygen atoms in total. The van der Waals surface area contributed by atoms with E-state index in [0.717, 1.165) is 5.56 Å². The molecular formula is C11H17NO4S. The van der Waals surface area contributed by atoms with Crippen molar-refractivity contribution in [3.8, 4) is 0 Å². The number of sulfonamides is 1. The first-order valence-electron chi connectivity index (χ1n) is 5.22. The number of aliphatic hydroxyl groups is 1. The average Bonchev–Trinajstić information content (AvgIpc) is 2.30. The minimum Gasteiger partial charge on any atom is -0.392 e. The quantitative estimate of drug-likeness (QED) is 0.688. The monoisotopic (exact) mass is 259 g/mol. The molecule has 0 saturated carbocycles. The molecule has 0 heterocycles. The number of nitrogens with one attached hydrogen (secondary N) is 1. The molecular weight excluding hydrogens is 242 g/mol. The van der Waals surface area contributed by atoms with Crippen LogP contribution >= 0.6 is 0 Å². The molecule has 0 aromatic heterocycles. The Morgan fingerprint density at radius 3 is 2.35 bits per heavy atom. The summed E-state index contributed by atoms with van der Waals surface area (Å²) < 4.78 is 30.4. The Morgan fingerprint density at radius 1 is 1.24 bits per heavy atom. The topological polar surface area (TPSA) is 75.6 Å². The van der Waals surface area contributed by atoms with E-state index >= 15 is 0 Å². The van der Waals surface area contributed by atoms with Gasteiger partial charge < -0.3 is 9.84 Å². The van der Waals surface area contributed by atoms with Gasteiger partial charge in [-0.05, 0) is 11.1 Å². The lowest BCUT2D eigenvalue weighted by Crippen LogP contribution is -2.28. The molecule has 0 unspecified atom stereocenters. The summed E-state index contributed by atoms with van der Waals surface area (Å²) in [7, 11) is -1.80. The Hall–Kier alpha value is -0.950. The summed E-state index contributed by atoms with van der Waals surface area (Å²) in [5.41, 5.74) is 1.45. The number of ether oxygens (including phenoxy) is 1. The molecule has 0 amide bonds. The molecule has 2 N–H and O–H groups in total. The molecule has 0 aliphatic carbocycles. The second-order valence-corrected chi connectivity index (χ2v) is 5.43. The number of hydrogen-bond acceptors (Lipinski definition) is 4. The number of aliphatic hydroxyl groups excluding tert-OH is 1. The van der Waals surface area contributed by atoms with E-state index in [0.29, 0.717) is 12.2 Å². The minimum absolute atomic E-state index is 0.0425. The molecule has 0 radical (unpaired) electrons. The van der Waals surface area contributed by atoms with E-state index in [4.69, 9.17) is 9.84 Å². The molecule has 0 spiro atoms. The smallest absolute Gasteiger partial charge is 0.215 e. The van der Waals surface area contributed by atoms with Crippen LogP contribution in [0.3, 0.4) is 0 Å². The fourth-order valence-electron chi connectivity index (χ4n) is 1.31. The largest absolute Gasteiger partial charge is 0.392 e. The SMILES string of the molecule is COCCNS(=O)(=O)Cc1ccc(CO)cc1. The van der Waals surface area contributed by atoms with Gasteiger partial charge in [0.15, 0.2) is 0 Å². The Kier molecular flexibility index (Phi) is 5.57. The summed E-state index contributed by atoms with van der Waals surface area (Å²) in [4.78, 5) is 0. The van der Waals surface area contributed by atoms with Crippen LogP contribution in [0.15, 0.2) is 24.3 Å². The summed E-state index contributed by atoms with van der Waals surface area (Å²) >= 11 is 0. The summed E-state index contributed by atoms with van der Waals surface area (Å²) in [6.45, 7) is 0.579. The lowest BCUT2D eigenvalue weighted by Gasteiger charge is -2.06. The maximum absolute atomic E-state index is 11.6. The molecule has 0 atom stereocenters. The molecule has 1 aromatic carbocycles. The van der Waals surface area contributed by atoms with Crippen LogP contribution in [0, 0.1) is 0 Å². The molecule has 1 rings (SSSR count). The van der Waals surface area contributed by atoms with E-state index in [1.165, 1.54) is 7.11 Å². The maximum Gasteiger partial charge on any atom is 0.215 e. The zero-order valence-electron chi connectivity index (χ0n) is 9.72. The van der Waals surface area contributed by atoms with Crippen LogP contribution in [0.1, 0.15) is 11.1 Å². The van der Waals surface area contributed by atoms with Gasteiger partial charge in [-0.3, -0.25) is 0 Å². The van der Waals surface area contributed by atoms with Gasteiger partial charge in [-0.15, -0.1) is 0 Å². The van der Waals surface area contributed by atoms with Crippen LogP contribution in [0.2, 0.25) is 0 Å². The standard InChI is InChI=1S/C11H17NO4S/c1-16-7-6-12-17(14,15)9-11-4-2-10(8-13)3-5-11/h2-5,12-13H,6-9H2,1H3. The van der Waals surface area contributed by atoms with Crippen LogP contribution in [0.4, 0.5) is 0 Å². The fourth-order valence-corrected chi connectivity index (χ4v) is 2.44. The lowest BCUT2D eigenvalue weighted by atomic mass is 10.2. The molecule has 0 aliphatic rings. The fraction of sp³-hybridized carbons (Fsp3) is 0.455. The van der Waals surface area contributed by atoms with Gasteiger partial charge in [-0.1, -0.05) is 24.3 Å². The second-order valence-electron chi connectivity index (χ2n) is 3.62. The first kappa shape index (κ1) is 14.1. The van der Waals surface area contributed by atoms with E-state index in [1.807, 2.05) is 0 Å². The van der Waals surface area contributed by atoms with Crippen LogP contribution in [-0.4, -0.2) is 33.8 Å². The van der Waals surface area contributed by atoms with Crippen molar-refractivity contribution in [2.45, 2.75) is 12.4 Å². The number of benzene rings is 1. The molecule has 0 aliphatic heterocycles. The van der Waals surface area contributed by atoms with Gasteiger partial charge in [0.2, 0.25) is 10.0 Å². The van der Waals surface area contributed by atoms with Crippen molar-refractivity contribution in [3.05, 3.63) is 35.4 Å². The van der Waals surface area contributed by atoms with Crippen LogP contribution < -0.4 is 4.72 Å². The Labute approximate surface area is 101 Å². The molecule has 0 fully saturated rings. The van der Waals surface area contributed by atoms with Crippen molar-refractivity contribution in [3.63, 3.8) is 0 Å². The van der Waals surface area contributed by atoms with Gasteiger partial charge in [0.25, 0.3) is 0 Å². The Morgan fingerprint density at radius 2 is 1.82 bits per heavy atom. The lowest BCUT2D eigenvalue weighted by molar-refractivity contribution is 0.204. The molecule has 6 heteroatoms. The van der Waals surface area contributed by atoms with Gasteiger partial charge in [-0.2, -0.15) is 0 Å². The van der Waals surface area contributed by atoms with Gasteiger partial charge in [0, 0.05) is 13.7 Å². The molecule has 0 saturated heterocycles. The maximum atomic E-state index is 11.6. The van der Waals surface area contributed by atoms with Crippen molar-refractivity contribution in [1.29, 1.82) is 0 Å². The summed E-state index contributed by atoms with van der Waals surface area (Å²) in [6, 6.07) is 6.81. The average molecular weight is 259 g/mol. The molecule has 96 valence electrons. The summed E-state index contributed by atoms with van der Waals surface area (Å²) in [5, 5.41) is 8.86. The first-order chi connectivity index (χ1) is 8.07. The van der Waals surface area contributed by atoms with Crippen molar-refractivity contribution in [2.24, 2.45) is 0 Å². The highest BCUT2D eigenvalue weighted by molar-refractivity contribution is 7.88. The van der Waals surface area contributed by atoms with E-state index < -0.39 is 10.0 Å². The Bertz CT molecular complexity index is 427. The van der Waals surface area contributed by atoms with Gasteiger partial charge in [0.1, 0.15) is 0 Å². The highest BCUT2D eigenvalue weighted by Gasteiger charge is 2.10.